The Labute approximate surface area is 114 Å². The number of ether oxygens (including phenoxy) is 1. The molecule has 1 aliphatic heterocycles. The molecule has 0 aliphatic carbocycles. The van der Waals surface area contributed by atoms with E-state index >= 15 is 0 Å². The van der Waals surface area contributed by atoms with Gasteiger partial charge in [0.05, 0.1) is 0 Å². The molecule has 0 spiro atoms. The molecule has 2 aromatic rings. The van der Waals surface area contributed by atoms with E-state index in [9.17, 15) is 0 Å². The number of fused-ring (bicyclic) bond motifs is 1. The van der Waals surface area contributed by atoms with Gasteiger partial charge in [-0.05, 0) is 30.0 Å². The molecule has 0 unspecified atom stereocenters. The van der Waals surface area contributed by atoms with Gasteiger partial charge in [0.1, 0.15) is 11.9 Å². The minimum atomic E-state index is 0.290. The number of nitrogens with one attached hydrogen (secondary N) is 1. The monoisotopic (exact) mass is 255 g/mol. The standard InChI is InChI=1S/C17H19NO/c1-2-6-14(7-3-1)12-18-13-16-11-10-15-8-4-5-9-17(15)19-16/h1-9,16,18H,10-13H2/t16-/m1/s1/i10+2. The Hall–Kier alpha value is -1.80. The van der Waals surface area contributed by atoms with Crippen molar-refractivity contribution in [2.75, 3.05) is 6.54 Å². The molecule has 0 bridgehead atoms. The van der Waals surface area contributed by atoms with Crippen molar-refractivity contribution >= 4 is 0 Å². The second-order valence-corrected chi connectivity index (χ2v) is 5.00. The number of hydrogen-bond donors (Lipinski definition) is 1. The molecule has 0 saturated heterocycles. The third-order valence-corrected chi connectivity index (χ3v) is 3.55. The molecule has 0 aromatic heterocycles. The van der Waals surface area contributed by atoms with Crippen LogP contribution in [0.15, 0.2) is 54.6 Å². The largest absolute Gasteiger partial charge is 0.489 e. The van der Waals surface area contributed by atoms with Gasteiger partial charge in [0.2, 0.25) is 0 Å². The van der Waals surface area contributed by atoms with Gasteiger partial charge in [-0.25, -0.2) is 0 Å². The molecule has 3 rings (SSSR count). The van der Waals surface area contributed by atoms with E-state index < -0.39 is 0 Å². The van der Waals surface area contributed by atoms with Crippen LogP contribution < -0.4 is 10.1 Å². The zero-order chi connectivity index (χ0) is 12.9. The van der Waals surface area contributed by atoms with Gasteiger partial charge in [0.15, 0.2) is 0 Å². The van der Waals surface area contributed by atoms with Crippen LogP contribution in [0, 0.1) is 0 Å². The van der Waals surface area contributed by atoms with Crippen molar-refractivity contribution in [1.82, 2.24) is 5.32 Å². The maximum atomic E-state index is 6.01. The van der Waals surface area contributed by atoms with Crippen LogP contribution in [-0.2, 0) is 13.0 Å². The summed E-state index contributed by atoms with van der Waals surface area (Å²) in [6.07, 6.45) is 2.51. The number of para-hydroxylation sites is 1. The zero-order valence-corrected chi connectivity index (χ0v) is 11.0. The molecule has 0 fully saturated rings. The topological polar surface area (TPSA) is 21.3 Å². The SMILES string of the molecule is c1ccc(CNC[C@H]2C[14CH2]c3ccccc3O2)cc1. The quantitative estimate of drug-likeness (QED) is 0.906. The number of aryl methyl sites for hydroxylation is 1. The molecule has 1 aliphatic rings. The van der Waals surface area contributed by atoms with Gasteiger partial charge < -0.3 is 10.1 Å². The predicted molar refractivity (Wildman–Crippen MR) is 77.3 cm³/mol. The van der Waals surface area contributed by atoms with Gasteiger partial charge >= 0.3 is 0 Å². The number of hydrogen-bond acceptors (Lipinski definition) is 2. The van der Waals surface area contributed by atoms with E-state index in [0.717, 1.165) is 31.7 Å². The molecule has 0 amide bonds. The summed E-state index contributed by atoms with van der Waals surface area (Å²) < 4.78 is 6.01. The Balaban J connectivity index is 1.50. The first-order valence-corrected chi connectivity index (χ1v) is 6.91. The third-order valence-electron chi connectivity index (χ3n) is 3.55. The minimum Gasteiger partial charge on any atom is -0.489 e. The summed E-state index contributed by atoms with van der Waals surface area (Å²) in [5.74, 6) is 1.06. The summed E-state index contributed by atoms with van der Waals surface area (Å²) in [6, 6.07) is 18.8. The molecule has 1 N–H and O–H groups in total. The Kier molecular flexibility index (Phi) is 3.80. The van der Waals surface area contributed by atoms with E-state index in [2.05, 4.69) is 47.8 Å². The maximum absolute atomic E-state index is 6.01. The van der Waals surface area contributed by atoms with Crippen molar-refractivity contribution in [3.63, 3.8) is 0 Å². The highest BCUT2D eigenvalue weighted by Crippen LogP contribution is 2.26. The molecule has 1 heterocycles. The van der Waals surface area contributed by atoms with Crippen LogP contribution in [0.1, 0.15) is 17.5 Å². The van der Waals surface area contributed by atoms with Crippen LogP contribution in [0.4, 0.5) is 0 Å². The van der Waals surface area contributed by atoms with E-state index in [0.29, 0.717) is 6.10 Å². The normalized spacial score (nSPS) is 17.6. The van der Waals surface area contributed by atoms with Gasteiger partial charge in [0.25, 0.3) is 0 Å². The van der Waals surface area contributed by atoms with E-state index in [1.807, 2.05) is 12.1 Å². The van der Waals surface area contributed by atoms with Crippen LogP contribution in [0.5, 0.6) is 5.75 Å². The molecule has 2 heteroatoms. The third kappa shape index (κ3) is 3.15. The fraction of sp³-hybridized carbons (Fsp3) is 0.294. The molecule has 2 aromatic carbocycles. The predicted octanol–water partition coefficient (Wildman–Crippen LogP) is 3.17. The van der Waals surface area contributed by atoms with Crippen molar-refractivity contribution in [2.24, 2.45) is 0 Å². The highest BCUT2D eigenvalue weighted by Gasteiger charge is 2.18. The van der Waals surface area contributed by atoms with Gasteiger partial charge in [-0.3, -0.25) is 0 Å². The Morgan fingerprint density at radius 3 is 2.74 bits per heavy atom. The smallest absolute Gasteiger partial charge is 0.122 e. The van der Waals surface area contributed by atoms with Gasteiger partial charge in [-0.1, -0.05) is 48.5 Å². The first-order valence-electron chi connectivity index (χ1n) is 6.91. The number of rotatable bonds is 4. The summed E-state index contributed by atoms with van der Waals surface area (Å²) in [5.41, 5.74) is 2.65. The molecule has 0 saturated carbocycles. The fourth-order valence-corrected chi connectivity index (χ4v) is 2.50. The molecular formula is C17H19NO. The van der Waals surface area contributed by atoms with Crippen molar-refractivity contribution in [3.05, 3.63) is 65.7 Å². The van der Waals surface area contributed by atoms with Crippen LogP contribution >= 0.6 is 0 Å². The lowest BCUT2D eigenvalue weighted by molar-refractivity contribution is 0.170. The molecule has 98 valence electrons. The average molecular weight is 255 g/mol. The molecular weight excluding hydrogens is 236 g/mol. The zero-order valence-electron chi connectivity index (χ0n) is 11.0. The van der Waals surface area contributed by atoms with Gasteiger partial charge in [-0.15, -0.1) is 0 Å². The minimum absolute atomic E-state index is 0.290. The Morgan fingerprint density at radius 2 is 1.84 bits per heavy atom. The van der Waals surface area contributed by atoms with Gasteiger partial charge in [-0.2, -0.15) is 0 Å². The highest BCUT2D eigenvalue weighted by atomic mass is 16.5. The first-order chi connectivity index (χ1) is 9.42. The summed E-state index contributed by atoms with van der Waals surface area (Å²) in [6.45, 7) is 1.81. The van der Waals surface area contributed by atoms with Crippen molar-refractivity contribution in [2.45, 2.75) is 25.5 Å². The summed E-state index contributed by atoms with van der Waals surface area (Å²) in [7, 11) is 0. The van der Waals surface area contributed by atoms with Gasteiger partial charge in [0, 0.05) is 13.1 Å². The Bertz CT molecular complexity index is 524. The summed E-state index contributed by atoms with van der Waals surface area (Å²) >= 11 is 0. The summed E-state index contributed by atoms with van der Waals surface area (Å²) in [5, 5.41) is 3.48. The molecule has 1 atom stereocenters. The maximum Gasteiger partial charge on any atom is 0.122 e. The van der Waals surface area contributed by atoms with E-state index in [1.165, 1.54) is 11.1 Å². The van der Waals surface area contributed by atoms with Crippen molar-refractivity contribution in [3.8, 4) is 5.75 Å². The highest BCUT2D eigenvalue weighted by molar-refractivity contribution is 5.35. The van der Waals surface area contributed by atoms with Crippen LogP contribution in [0.2, 0.25) is 0 Å². The lowest BCUT2D eigenvalue weighted by atomic mass is 10.2. The van der Waals surface area contributed by atoms with Crippen molar-refractivity contribution in [1.29, 1.82) is 0 Å². The fourth-order valence-electron chi connectivity index (χ4n) is 2.50. The molecule has 19 heavy (non-hydrogen) atoms. The Morgan fingerprint density at radius 1 is 1.05 bits per heavy atom. The second kappa shape index (κ2) is 5.89. The van der Waals surface area contributed by atoms with Crippen LogP contribution in [0.25, 0.3) is 0 Å². The average Bonchev–Trinajstić information content (AvgIpc) is 2.48. The van der Waals surface area contributed by atoms with E-state index in [1.54, 1.807) is 0 Å². The number of benzene rings is 2. The van der Waals surface area contributed by atoms with Crippen molar-refractivity contribution < 1.29 is 4.74 Å². The van der Waals surface area contributed by atoms with Crippen LogP contribution in [0.3, 0.4) is 0 Å². The second-order valence-electron chi connectivity index (χ2n) is 5.00. The molecule has 2 nitrogen and oxygen atoms in total. The molecule has 0 radical (unpaired) electrons. The summed E-state index contributed by atoms with van der Waals surface area (Å²) in [4.78, 5) is 0. The lowest BCUT2D eigenvalue weighted by Crippen LogP contribution is -2.33. The van der Waals surface area contributed by atoms with E-state index in [-0.39, 0.29) is 0 Å². The van der Waals surface area contributed by atoms with Crippen LogP contribution in [-0.4, -0.2) is 12.6 Å². The lowest BCUT2D eigenvalue weighted by Gasteiger charge is -2.26. The van der Waals surface area contributed by atoms with E-state index in [4.69, 9.17) is 4.74 Å². The first kappa shape index (κ1) is 12.2.